The van der Waals surface area contributed by atoms with Crippen LogP contribution in [0.1, 0.15) is 53.7 Å². The molecule has 2 aromatic rings. The molecule has 0 fully saturated rings. The largest absolute Gasteiger partial charge is 0.474 e. The van der Waals surface area contributed by atoms with E-state index in [9.17, 15) is 14.2 Å². The molecular formula is C25H41N4O7PS2. The van der Waals surface area contributed by atoms with Crippen LogP contribution in [0.3, 0.4) is 0 Å². The number of hydrogen-bond acceptors (Lipinski definition) is 12. The zero-order chi connectivity index (χ0) is 29.3. The second kappa shape index (κ2) is 15.0. The highest BCUT2D eigenvalue weighted by atomic mass is 32.2. The minimum atomic E-state index is -3.99. The van der Waals surface area contributed by atoms with Gasteiger partial charge in [0.05, 0.1) is 25.9 Å². The van der Waals surface area contributed by atoms with E-state index >= 15 is 0 Å². The number of rotatable bonds is 15. The van der Waals surface area contributed by atoms with E-state index in [4.69, 9.17) is 24.0 Å². The molecule has 220 valence electrons. The maximum absolute atomic E-state index is 13.4. The van der Waals surface area contributed by atoms with Crippen molar-refractivity contribution in [3.63, 3.8) is 0 Å². The van der Waals surface area contributed by atoms with Crippen LogP contribution in [0.15, 0.2) is 18.5 Å². The van der Waals surface area contributed by atoms with E-state index < -0.39 is 24.8 Å². The van der Waals surface area contributed by atoms with Crippen molar-refractivity contribution in [2.75, 3.05) is 44.2 Å². The summed E-state index contributed by atoms with van der Waals surface area (Å²) >= 11 is 2.21. The Labute approximate surface area is 239 Å². The van der Waals surface area contributed by atoms with Crippen molar-refractivity contribution in [2.24, 2.45) is 10.8 Å². The van der Waals surface area contributed by atoms with Gasteiger partial charge >= 0.3 is 7.82 Å². The Morgan fingerprint density at radius 3 is 2.08 bits per heavy atom. The van der Waals surface area contributed by atoms with E-state index in [2.05, 4.69) is 10.1 Å². The molecule has 0 aliphatic rings. The third kappa shape index (κ3) is 11.1. The smallest absolute Gasteiger partial charge is 0.382 e. The van der Waals surface area contributed by atoms with Gasteiger partial charge in [-0.1, -0.05) is 65.1 Å². The van der Waals surface area contributed by atoms with E-state index in [1.165, 1.54) is 6.33 Å². The van der Waals surface area contributed by atoms with Gasteiger partial charge in [0.15, 0.2) is 16.0 Å². The van der Waals surface area contributed by atoms with E-state index in [0.717, 1.165) is 34.7 Å². The van der Waals surface area contributed by atoms with Gasteiger partial charge in [0.1, 0.15) is 11.8 Å². The number of phosphoric ester groups is 1. The molecule has 14 heteroatoms. The summed E-state index contributed by atoms with van der Waals surface area (Å²) in [4.78, 5) is 28.3. The Morgan fingerprint density at radius 2 is 1.56 bits per heavy atom. The maximum Gasteiger partial charge on any atom is 0.474 e. The van der Waals surface area contributed by atoms with Crippen LogP contribution in [-0.4, -0.2) is 69.4 Å². The van der Waals surface area contributed by atoms with Crippen LogP contribution >= 0.6 is 31.3 Å². The highest BCUT2D eigenvalue weighted by molar-refractivity contribution is 8.14. The maximum atomic E-state index is 13.4. The molecule has 11 nitrogen and oxygen atoms in total. The van der Waals surface area contributed by atoms with Gasteiger partial charge in [0.25, 0.3) is 0 Å². The van der Waals surface area contributed by atoms with Gasteiger partial charge in [0, 0.05) is 35.1 Å². The molecule has 0 aliphatic carbocycles. The molecule has 0 bridgehead atoms. The quantitative estimate of drug-likeness (QED) is 0.215. The number of hydrogen-bond donors (Lipinski definition) is 1. The molecule has 0 amide bonds. The number of fused-ring (bicyclic) bond motifs is 1. The van der Waals surface area contributed by atoms with E-state index in [0.29, 0.717) is 30.2 Å². The number of aryl methyl sites for hydroxylation is 1. The second-order valence-corrected chi connectivity index (χ2v) is 14.6. The highest BCUT2D eigenvalue weighted by Crippen LogP contribution is 2.50. The molecule has 0 saturated heterocycles. The topological polar surface area (TPSA) is 144 Å². The molecule has 2 heterocycles. The first-order valence-electron chi connectivity index (χ1n) is 12.6. The van der Waals surface area contributed by atoms with Crippen LogP contribution in [0, 0.1) is 10.8 Å². The van der Waals surface area contributed by atoms with Gasteiger partial charge in [-0.05, 0) is 25.0 Å². The molecule has 0 aromatic carbocycles. The number of carbonyl (C=O) groups excluding carboxylic acids is 2. The Bertz CT molecular complexity index is 1110. The summed E-state index contributed by atoms with van der Waals surface area (Å²) in [5, 5.41) is 4.25. The van der Waals surface area contributed by atoms with Crippen molar-refractivity contribution in [1.29, 1.82) is 0 Å². The molecule has 2 N–H and O–H groups in total. The summed E-state index contributed by atoms with van der Waals surface area (Å²) < 4.78 is 37.4. The first-order valence-corrected chi connectivity index (χ1v) is 16.1. The van der Waals surface area contributed by atoms with Crippen molar-refractivity contribution in [1.82, 2.24) is 14.6 Å². The lowest BCUT2D eigenvalue weighted by atomic mass is 9.99. The lowest BCUT2D eigenvalue weighted by Crippen LogP contribution is -2.21. The summed E-state index contributed by atoms with van der Waals surface area (Å²) in [7, 11) is -2.45. The minimum Gasteiger partial charge on any atom is -0.382 e. The third-order valence-electron chi connectivity index (χ3n) is 5.39. The summed E-state index contributed by atoms with van der Waals surface area (Å²) in [5.41, 5.74) is 6.55. The zero-order valence-electron chi connectivity index (χ0n) is 23.8. The van der Waals surface area contributed by atoms with Crippen LogP contribution in [0.4, 0.5) is 5.82 Å². The van der Waals surface area contributed by atoms with Crippen molar-refractivity contribution in [2.45, 2.75) is 60.5 Å². The lowest BCUT2D eigenvalue weighted by molar-refractivity contribution is -0.118. The minimum absolute atomic E-state index is 0.00393. The van der Waals surface area contributed by atoms with Crippen LogP contribution in [-0.2, 0) is 38.9 Å². The number of anilines is 1. The monoisotopic (exact) mass is 604 g/mol. The number of phosphoric acid groups is 1. The van der Waals surface area contributed by atoms with Gasteiger partial charge in [-0.25, -0.2) is 14.1 Å². The fourth-order valence-electron chi connectivity index (χ4n) is 3.06. The molecule has 39 heavy (non-hydrogen) atoms. The Hall–Kier alpha value is -1.47. The van der Waals surface area contributed by atoms with Gasteiger partial charge < -0.3 is 10.5 Å². The number of ether oxygens (including phenoxy) is 1. The Kier molecular flexibility index (Phi) is 12.9. The molecule has 0 spiro atoms. The van der Waals surface area contributed by atoms with E-state index in [-0.39, 0.29) is 30.1 Å². The van der Waals surface area contributed by atoms with Gasteiger partial charge in [0.2, 0.25) is 0 Å². The van der Waals surface area contributed by atoms with Crippen molar-refractivity contribution in [3.8, 4) is 0 Å². The number of carbonyl (C=O) groups is 2. The van der Waals surface area contributed by atoms with Gasteiger partial charge in [-0.15, -0.1) is 0 Å². The van der Waals surface area contributed by atoms with Crippen LogP contribution in [0.2, 0.25) is 0 Å². The molecular weight excluding hydrogens is 563 g/mol. The van der Waals surface area contributed by atoms with Gasteiger partial charge in [-0.2, -0.15) is 5.10 Å². The van der Waals surface area contributed by atoms with Crippen LogP contribution in [0.25, 0.3) is 5.52 Å². The standard InChI is InChI=1S/C25H41N4O7PS2/c1-24(2,3)22(30)38-14-12-34-37(32,35-13-15-39-23(31)25(4,5)6)36-16-19(33-7)10-8-18-9-11-20-21(26)27-17-28-29(18)20/h9,11,17,19H,8,10,12-16H2,1-7H3,(H2,26,27,28)/t19-/m0/s1. The fourth-order valence-corrected chi connectivity index (χ4v) is 6.08. The number of methoxy groups -OCH3 is 1. The van der Waals surface area contributed by atoms with Crippen molar-refractivity contribution < 1.29 is 32.5 Å². The normalized spacial score (nSPS) is 13.6. The molecule has 2 aromatic heterocycles. The van der Waals surface area contributed by atoms with E-state index in [1.807, 2.05) is 53.7 Å². The molecule has 1 atom stereocenters. The number of nitrogen functional groups attached to an aromatic ring is 1. The Morgan fingerprint density at radius 1 is 1.00 bits per heavy atom. The highest BCUT2D eigenvalue weighted by Gasteiger charge is 2.30. The summed E-state index contributed by atoms with van der Waals surface area (Å²) in [6.45, 7) is 10.9. The van der Waals surface area contributed by atoms with Crippen molar-refractivity contribution in [3.05, 3.63) is 24.2 Å². The molecule has 0 radical (unpaired) electrons. The van der Waals surface area contributed by atoms with Crippen LogP contribution in [0.5, 0.6) is 0 Å². The number of thioether (sulfide) groups is 2. The van der Waals surface area contributed by atoms with E-state index in [1.54, 1.807) is 11.6 Å². The third-order valence-corrected chi connectivity index (χ3v) is 9.34. The zero-order valence-corrected chi connectivity index (χ0v) is 26.3. The summed E-state index contributed by atoms with van der Waals surface area (Å²) in [5.74, 6) is 0.983. The fraction of sp³-hybridized carbons (Fsp3) is 0.680. The number of aromatic nitrogens is 3. The average molecular weight is 605 g/mol. The predicted octanol–water partition coefficient (Wildman–Crippen LogP) is 5.03. The first kappa shape index (κ1) is 33.7. The van der Waals surface area contributed by atoms with Crippen molar-refractivity contribution >= 4 is 52.9 Å². The predicted molar refractivity (Wildman–Crippen MR) is 156 cm³/mol. The molecule has 0 unspecified atom stereocenters. The second-order valence-electron chi connectivity index (χ2n) is 10.8. The molecule has 2 rings (SSSR count). The first-order chi connectivity index (χ1) is 18.2. The SMILES string of the molecule is CO[C@@H](CCc1ccc2c(N)ncnn12)COP(=O)(OCCSC(=O)C(C)(C)C)OCCSC(=O)C(C)(C)C. The van der Waals surface area contributed by atoms with Gasteiger partial charge in [-0.3, -0.25) is 23.2 Å². The number of nitrogens with zero attached hydrogens (tertiary/aromatic N) is 3. The lowest BCUT2D eigenvalue weighted by Gasteiger charge is -2.22. The summed E-state index contributed by atoms with van der Waals surface area (Å²) in [6.07, 6.45) is 2.12. The molecule has 0 aliphatic heterocycles. The summed E-state index contributed by atoms with van der Waals surface area (Å²) in [6, 6.07) is 3.77. The number of nitrogens with two attached hydrogens (primary N) is 1. The van der Waals surface area contributed by atoms with Crippen LogP contribution < -0.4 is 5.73 Å². The Balaban J connectivity index is 1.95. The molecule has 0 saturated carbocycles. The average Bonchev–Trinajstić information content (AvgIpc) is 3.27.